The van der Waals surface area contributed by atoms with E-state index in [9.17, 15) is 4.79 Å². The van der Waals surface area contributed by atoms with Crippen molar-refractivity contribution < 1.29 is 4.79 Å². The number of Topliss-reactive ketones (excluding diaryl/α,β-unsaturated/α-hetero) is 1. The molecule has 1 N–H and O–H groups in total. The number of benzene rings is 1. The van der Waals surface area contributed by atoms with Crippen LogP contribution in [0, 0.1) is 0 Å². The number of aryl methyl sites for hydroxylation is 2. The number of nitrogens with zero attached hydrogens (tertiary/aromatic N) is 2. The summed E-state index contributed by atoms with van der Waals surface area (Å²) in [6, 6.07) is 6.11. The van der Waals surface area contributed by atoms with E-state index in [0.717, 1.165) is 27.9 Å². The van der Waals surface area contributed by atoms with E-state index < -0.39 is 0 Å². The lowest BCUT2D eigenvalue weighted by molar-refractivity contribution is 0.102. The van der Waals surface area contributed by atoms with Gasteiger partial charge in [-0.3, -0.25) is 4.79 Å². The van der Waals surface area contributed by atoms with Gasteiger partial charge in [0, 0.05) is 12.1 Å². The van der Waals surface area contributed by atoms with Crippen molar-refractivity contribution in [2.24, 2.45) is 0 Å². The quantitative estimate of drug-likeness (QED) is 0.477. The van der Waals surface area contributed by atoms with E-state index in [1.54, 1.807) is 6.08 Å². The van der Waals surface area contributed by atoms with Gasteiger partial charge < -0.3 is 5.32 Å². The van der Waals surface area contributed by atoms with Crippen LogP contribution in [0.25, 0.3) is 0 Å². The summed E-state index contributed by atoms with van der Waals surface area (Å²) in [6.07, 6.45) is 5.21. The number of rotatable bonds is 7. The highest BCUT2D eigenvalue weighted by molar-refractivity contribution is 8.01. The van der Waals surface area contributed by atoms with Crippen molar-refractivity contribution in [3.63, 3.8) is 0 Å². The molecule has 0 fully saturated rings. The van der Waals surface area contributed by atoms with Gasteiger partial charge in [0.25, 0.3) is 0 Å². The molecule has 1 heterocycles. The van der Waals surface area contributed by atoms with Crippen LogP contribution in [0.1, 0.15) is 27.9 Å². The summed E-state index contributed by atoms with van der Waals surface area (Å²) in [5.41, 5.74) is 3.54. The molecule has 2 aromatic rings. The third-order valence-electron chi connectivity index (χ3n) is 3.55. The number of nitrogens with one attached hydrogen (secondary N) is 1. The van der Waals surface area contributed by atoms with Crippen molar-refractivity contribution in [2.45, 2.75) is 23.6 Å². The zero-order valence-electron chi connectivity index (χ0n) is 12.2. The first-order valence-electron chi connectivity index (χ1n) is 7.22. The normalized spacial score (nSPS) is 12.9. The van der Waals surface area contributed by atoms with Crippen LogP contribution in [0.3, 0.4) is 0 Å². The Labute approximate surface area is 138 Å². The van der Waals surface area contributed by atoms with Crippen LogP contribution in [0.15, 0.2) is 35.2 Å². The van der Waals surface area contributed by atoms with Gasteiger partial charge in [0.2, 0.25) is 5.13 Å². The molecule has 0 unspecified atom stereocenters. The van der Waals surface area contributed by atoms with Crippen LogP contribution in [0.5, 0.6) is 0 Å². The minimum absolute atomic E-state index is 0.149. The standard InChI is InChI=1S/C16H17N3OS2/c1-2-8-17-15-18-19-16(22-15)21-10-14(20)13-7-6-11-4-3-5-12(11)9-13/h2,6-7,9H,1,3-5,8,10H2,(H,17,18). The van der Waals surface area contributed by atoms with Crippen LogP contribution < -0.4 is 5.32 Å². The van der Waals surface area contributed by atoms with E-state index in [-0.39, 0.29) is 5.78 Å². The number of thioether (sulfide) groups is 1. The van der Waals surface area contributed by atoms with E-state index in [1.165, 1.54) is 40.6 Å². The Morgan fingerprint density at radius 1 is 1.36 bits per heavy atom. The van der Waals surface area contributed by atoms with Gasteiger partial charge in [-0.25, -0.2) is 0 Å². The predicted molar refractivity (Wildman–Crippen MR) is 92.1 cm³/mol. The molecule has 6 heteroatoms. The molecule has 0 bridgehead atoms. The maximum absolute atomic E-state index is 12.3. The Kier molecular flexibility index (Phi) is 4.90. The Balaban J connectivity index is 1.58. The molecule has 3 rings (SSSR count). The molecule has 0 saturated carbocycles. The number of carbonyl (C=O) groups excluding carboxylic acids is 1. The van der Waals surface area contributed by atoms with Crippen molar-refractivity contribution in [2.75, 3.05) is 17.6 Å². The molecule has 1 aliphatic carbocycles. The molecule has 4 nitrogen and oxygen atoms in total. The first-order chi connectivity index (χ1) is 10.8. The molecule has 0 radical (unpaired) electrons. The van der Waals surface area contributed by atoms with Gasteiger partial charge >= 0.3 is 0 Å². The highest BCUT2D eigenvalue weighted by Crippen LogP contribution is 2.27. The van der Waals surface area contributed by atoms with E-state index in [1.807, 2.05) is 6.07 Å². The summed E-state index contributed by atoms with van der Waals surface area (Å²) < 4.78 is 0.807. The molecule has 22 heavy (non-hydrogen) atoms. The number of anilines is 1. The highest BCUT2D eigenvalue weighted by atomic mass is 32.2. The number of hydrogen-bond donors (Lipinski definition) is 1. The molecule has 1 aromatic carbocycles. The topological polar surface area (TPSA) is 54.9 Å². The lowest BCUT2D eigenvalue weighted by atomic mass is 10.0. The van der Waals surface area contributed by atoms with E-state index in [4.69, 9.17) is 0 Å². The second kappa shape index (κ2) is 7.07. The van der Waals surface area contributed by atoms with Gasteiger partial charge in [0.1, 0.15) is 0 Å². The van der Waals surface area contributed by atoms with Gasteiger partial charge in [-0.1, -0.05) is 41.3 Å². The van der Waals surface area contributed by atoms with Gasteiger partial charge in [0.15, 0.2) is 10.1 Å². The first kappa shape index (κ1) is 15.2. The van der Waals surface area contributed by atoms with E-state index in [2.05, 4.69) is 34.2 Å². The van der Waals surface area contributed by atoms with Gasteiger partial charge in [-0.05, 0) is 36.5 Å². The summed E-state index contributed by atoms with van der Waals surface area (Å²) in [7, 11) is 0. The van der Waals surface area contributed by atoms with Crippen LogP contribution >= 0.6 is 23.1 Å². The van der Waals surface area contributed by atoms with E-state index >= 15 is 0 Å². The minimum atomic E-state index is 0.149. The monoisotopic (exact) mass is 331 g/mol. The van der Waals surface area contributed by atoms with Crippen molar-refractivity contribution in [1.29, 1.82) is 0 Å². The fourth-order valence-corrected chi connectivity index (χ4v) is 4.11. The number of hydrogen-bond acceptors (Lipinski definition) is 6. The number of aromatic nitrogens is 2. The average molecular weight is 331 g/mol. The molecule has 1 aliphatic rings. The summed E-state index contributed by atoms with van der Waals surface area (Å²) in [5.74, 6) is 0.546. The maximum atomic E-state index is 12.3. The summed E-state index contributed by atoms with van der Waals surface area (Å²) in [6.45, 7) is 4.30. The number of ketones is 1. The Morgan fingerprint density at radius 2 is 2.23 bits per heavy atom. The third-order valence-corrected chi connectivity index (χ3v) is 5.57. The van der Waals surface area contributed by atoms with Crippen molar-refractivity contribution >= 4 is 34.0 Å². The fraction of sp³-hybridized carbons (Fsp3) is 0.312. The molecule has 0 saturated heterocycles. The first-order valence-corrected chi connectivity index (χ1v) is 9.02. The molecule has 0 spiro atoms. The van der Waals surface area contributed by atoms with E-state index in [0.29, 0.717) is 12.3 Å². The molecular formula is C16H17N3OS2. The zero-order valence-corrected chi connectivity index (χ0v) is 13.8. The van der Waals surface area contributed by atoms with Gasteiger partial charge in [-0.2, -0.15) is 0 Å². The molecule has 114 valence electrons. The molecule has 0 amide bonds. The molecule has 1 aromatic heterocycles. The van der Waals surface area contributed by atoms with Crippen LogP contribution in [-0.4, -0.2) is 28.3 Å². The fourth-order valence-electron chi connectivity index (χ4n) is 2.45. The highest BCUT2D eigenvalue weighted by Gasteiger charge is 2.15. The number of carbonyl (C=O) groups is 1. The van der Waals surface area contributed by atoms with Gasteiger partial charge in [0.05, 0.1) is 5.75 Å². The smallest absolute Gasteiger partial charge is 0.206 e. The lowest BCUT2D eigenvalue weighted by Crippen LogP contribution is -2.03. The molecule has 0 atom stereocenters. The average Bonchev–Trinajstić information content (AvgIpc) is 3.18. The maximum Gasteiger partial charge on any atom is 0.206 e. The number of fused-ring (bicyclic) bond motifs is 1. The summed E-state index contributed by atoms with van der Waals surface area (Å²) >= 11 is 2.90. The van der Waals surface area contributed by atoms with Crippen LogP contribution in [-0.2, 0) is 12.8 Å². The second-order valence-electron chi connectivity index (χ2n) is 5.09. The summed E-state index contributed by atoms with van der Waals surface area (Å²) in [5, 5.41) is 12.0. The van der Waals surface area contributed by atoms with Crippen LogP contribution in [0.4, 0.5) is 5.13 Å². The Morgan fingerprint density at radius 3 is 3.09 bits per heavy atom. The SMILES string of the molecule is C=CCNc1nnc(SCC(=O)c2ccc3c(c2)CCC3)s1. The van der Waals surface area contributed by atoms with Crippen molar-refractivity contribution in [3.05, 3.63) is 47.5 Å². The predicted octanol–water partition coefficient (Wildman–Crippen LogP) is 3.60. The Hall–Kier alpha value is -1.66. The molecule has 0 aliphatic heterocycles. The van der Waals surface area contributed by atoms with Gasteiger partial charge in [-0.15, -0.1) is 16.8 Å². The molecular weight excluding hydrogens is 314 g/mol. The lowest BCUT2D eigenvalue weighted by Gasteiger charge is -2.03. The largest absolute Gasteiger partial charge is 0.357 e. The third kappa shape index (κ3) is 3.56. The Bertz CT molecular complexity index is 696. The second-order valence-corrected chi connectivity index (χ2v) is 7.29. The zero-order chi connectivity index (χ0) is 15.4. The van der Waals surface area contributed by atoms with Crippen molar-refractivity contribution in [1.82, 2.24) is 10.2 Å². The summed E-state index contributed by atoms with van der Waals surface area (Å²) in [4.78, 5) is 12.3. The van der Waals surface area contributed by atoms with Crippen molar-refractivity contribution in [3.8, 4) is 0 Å². The minimum Gasteiger partial charge on any atom is -0.357 e. The van der Waals surface area contributed by atoms with Crippen LogP contribution in [0.2, 0.25) is 0 Å².